The topological polar surface area (TPSA) is 78.9 Å². The predicted molar refractivity (Wildman–Crippen MR) is 121 cm³/mol. The van der Waals surface area contributed by atoms with Crippen LogP contribution in [0.25, 0.3) is 0 Å². The summed E-state index contributed by atoms with van der Waals surface area (Å²) in [5.74, 6) is 1.48. The van der Waals surface area contributed by atoms with Crippen LogP contribution in [0.3, 0.4) is 0 Å². The maximum Gasteiger partial charge on any atom is 0.415 e. The lowest BCUT2D eigenvalue weighted by atomic mass is 10.1. The van der Waals surface area contributed by atoms with Crippen LogP contribution in [0.4, 0.5) is 16.4 Å². The second-order valence-electron chi connectivity index (χ2n) is 8.09. The Hall–Kier alpha value is -2.87. The average molecular weight is 446 g/mol. The molecule has 0 aliphatic carbocycles. The van der Waals surface area contributed by atoms with Gasteiger partial charge in [0.2, 0.25) is 0 Å². The molecular formula is C22H28ClN5O3. The van der Waals surface area contributed by atoms with Gasteiger partial charge < -0.3 is 14.5 Å². The minimum absolute atomic E-state index is 0. The molecule has 4 rings (SSSR count). The van der Waals surface area contributed by atoms with Crippen LogP contribution in [-0.2, 0) is 4.74 Å². The Morgan fingerprint density at radius 1 is 1.03 bits per heavy atom. The Labute approximate surface area is 188 Å². The van der Waals surface area contributed by atoms with Gasteiger partial charge in [-0.15, -0.1) is 12.4 Å². The zero-order valence-electron chi connectivity index (χ0n) is 18.3. The number of hydrogen-bond donors (Lipinski definition) is 0. The summed E-state index contributed by atoms with van der Waals surface area (Å²) < 4.78 is 5.07. The number of anilines is 2. The normalized spacial score (nSPS) is 18.6. The van der Waals surface area contributed by atoms with Crippen molar-refractivity contribution in [2.24, 2.45) is 0 Å². The minimum atomic E-state index is -0.399. The number of rotatable bonds is 3. The Bertz CT molecular complexity index is 991. The van der Waals surface area contributed by atoms with E-state index in [1.54, 1.807) is 12.3 Å². The van der Waals surface area contributed by atoms with Crippen molar-refractivity contribution < 1.29 is 14.3 Å². The van der Waals surface area contributed by atoms with E-state index >= 15 is 0 Å². The number of aromatic nitrogens is 2. The highest BCUT2D eigenvalue weighted by molar-refractivity contribution is 5.96. The van der Waals surface area contributed by atoms with Crippen LogP contribution in [0.2, 0.25) is 0 Å². The molecule has 2 fully saturated rings. The first-order chi connectivity index (χ1) is 14.3. The van der Waals surface area contributed by atoms with E-state index in [4.69, 9.17) is 4.74 Å². The molecule has 0 saturated carbocycles. The molecule has 2 saturated heterocycles. The summed E-state index contributed by atoms with van der Waals surface area (Å²) in [6, 6.07) is 3.84. The van der Waals surface area contributed by atoms with Gasteiger partial charge in [0.15, 0.2) is 0 Å². The number of hydrogen-bond acceptors (Lipinski definition) is 6. The molecule has 2 aliphatic heterocycles. The number of halogens is 1. The molecule has 0 aromatic carbocycles. The Kier molecular flexibility index (Phi) is 6.69. The zero-order valence-corrected chi connectivity index (χ0v) is 19.1. The van der Waals surface area contributed by atoms with Crippen LogP contribution in [0.1, 0.15) is 34.0 Å². The second-order valence-corrected chi connectivity index (χ2v) is 8.09. The van der Waals surface area contributed by atoms with Gasteiger partial charge in [0.25, 0.3) is 5.91 Å². The lowest BCUT2D eigenvalue weighted by Crippen LogP contribution is -2.49. The molecule has 2 aromatic heterocycles. The van der Waals surface area contributed by atoms with E-state index < -0.39 is 6.09 Å². The molecule has 0 unspecified atom stereocenters. The van der Waals surface area contributed by atoms with Gasteiger partial charge in [0, 0.05) is 38.6 Å². The summed E-state index contributed by atoms with van der Waals surface area (Å²) in [6.45, 7) is 11.0. The first kappa shape index (κ1) is 22.8. The first-order valence-corrected chi connectivity index (χ1v) is 10.2. The van der Waals surface area contributed by atoms with E-state index in [0.717, 1.165) is 35.6 Å². The van der Waals surface area contributed by atoms with Crippen LogP contribution in [-0.4, -0.2) is 65.7 Å². The third-order valence-electron chi connectivity index (χ3n) is 5.71. The number of ether oxygens (including phenoxy) is 1. The second kappa shape index (κ2) is 9.09. The largest absolute Gasteiger partial charge is 0.447 e. The molecule has 0 bridgehead atoms. The van der Waals surface area contributed by atoms with Crippen molar-refractivity contribution in [3.63, 3.8) is 0 Å². The van der Waals surface area contributed by atoms with Gasteiger partial charge in [-0.25, -0.2) is 14.8 Å². The monoisotopic (exact) mass is 445 g/mol. The van der Waals surface area contributed by atoms with E-state index in [1.807, 2.05) is 31.9 Å². The van der Waals surface area contributed by atoms with Gasteiger partial charge in [0.1, 0.15) is 18.2 Å². The summed E-state index contributed by atoms with van der Waals surface area (Å²) in [5.41, 5.74) is 3.67. The zero-order chi connectivity index (χ0) is 21.4. The van der Waals surface area contributed by atoms with Gasteiger partial charge in [-0.05, 0) is 50.5 Å². The van der Waals surface area contributed by atoms with Crippen molar-refractivity contribution in [3.8, 4) is 0 Å². The molecule has 31 heavy (non-hydrogen) atoms. The predicted octanol–water partition coefficient (Wildman–Crippen LogP) is 3.13. The standard InChI is InChI=1S/C22H27N5O3.ClH/c1-14-9-16(3)20(24-11-14)25-5-7-26(8-6-25)21(28)18-12-23-19(10-15(18)2)27-17(4)13-30-22(27)29;/h9-12,17H,5-8,13H2,1-4H3;1H/t17-;/m1./s1. The van der Waals surface area contributed by atoms with Gasteiger partial charge >= 0.3 is 6.09 Å². The maximum atomic E-state index is 13.1. The average Bonchev–Trinajstić information content (AvgIpc) is 3.06. The number of piperazine rings is 1. The molecule has 2 amide bonds. The molecule has 0 spiro atoms. The van der Waals surface area contributed by atoms with Gasteiger partial charge in [0.05, 0.1) is 11.6 Å². The molecular weight excluding hydrogens is 418 g/mol. The number of pyridine rings is 2. The lowest BCUT2D eigenvalue weighted by molar-refractivity contribution is 0.0745. The Morgan fingerprint density at radius 3 is 2.32 bits per heavy atom. The summed E-state index contributed by atoms with van der Waals surface area (Å²) in [7, 11) is 0. The van der Waals surface area contributed by atoms with Crippen molar-refractivity contribution in [1.29, 1.82) is 0 Å². The fourth-order valence-corrected chi connectivity index (χ4v) is 4.06. The highest BCUT2D eigenvalue weighted by atomic mass is 35.5. The summed E-state index contributed by atoms with van der Waals surface area (Å²) >= 11 is 0. The van der Waals surface area contributed by atoms with Gasteiger partial charge in [-0.3, -0.25) is 9.69 Å². The summed E-state index contributed by atoms with van der Waals surface area (Å²) in [5, 5.41) is 0. The van der Waals surface area contributed by atoms with Crippen LogP contribution < -0.4 is 9.80 Å². The molecule has 1 atom stereocenters. The molecule has 4 heterocycles. The van der Waals surface area contributed by atoms with Crippen molar-refractivity contribution in [2.75, 3.05) is 42.6 Å². The smallest absolute Gasteiger partial charge is 0.415 e. The van der Waals surface area contributed by atoms with Gasteiger partial charge in [-0.2, -0.15) is 0 Å². The van der Waals surface area contributed by atoms with E-state index in [1.165, 1.54) is 4.90 Å². The summed E-state index contributed by atoms with van der Waals surface area (Å²) in [4.78, 5) is 39.6. The Balaban J connectivity index is 0.00000272. The van der Waals surface area contributed by atoms with Crippen molar-refractivity contribution >= 4 is 36.0 Å². The fourth-order valence-electron chi connectivity index (χ4n) is 4.06. The quantitative estimate of drug-likeness (QED) is 0.722. The van der Waals surface area contributed by atoms with Crippen molar-refractivity contribution in [2.45, 2.75) is 33.7 Å². The van der Waals surface area contributed by atoms with E-state index in [-0.39, 0.29) is 24.4 Å². The SMILES string of the molecule is Cc1cnc(N2CCN(C(=O)c3cnc(N4C(=O)OC[C@H]4C)cc3C)CC2)c(C)c1.Cl. The molecule has 166 valence electrons. The number of amides is 2. The van der Waals surface area contributed by atoms with Crippen LogP contribution >= 0.6 is 12.4 Å². The Morgan fingerprint density at radius 2 is 1.74 bits per heavy atom. The third kappa shape index (κ3) is 4.44. The summed E-state index contributed by atoms with van der Waals surface area (Å²) in [6.07, 6.45) is 3.06. The number of nitrogens with zero attached hydrogens (tertiary/aromatic N) is 5. The molecule has 9 heteroatoms. The molecule has 0 radical (unpaired) electrons. The van der Waals surface area contributed by atoms with E-state index in [2.05, 4.69) is 27.9 Å². The van der Waals surface area contributed by atoms with Crippen LogP contribution in [0, 0.1) is 20.8 Å². The van der Waals surface area contributed by atoms with Crippen LogP contribution in [0.5, 0.6) is 0 Å². The van der Waals surface area contributed by atoms with E-state index in [9.17, 15) is 9.59 Å². The highest BCUT2D eigenvalue weighted by Gasteiger charge is 2.32. The van der Waals surface area contributed by atoms with Crippen LogP contribution in [0.15, 0.2) is 24.5 Å². The lowest BCUT2D eigenvalue weighted by Gasteiger charge is -2.36. The number of cyclic esters (lactones) is 1. The highest BCUT2D eigenvalue weighted by Crippen LogP contribution is 2.24. The van der Waals surface area contributed by atoms with Crippen molar-refractivity contribution in [1.82, 2.24) is 14.9 Å². The first-order valence-electron chi connectivity index (χ1n) is 10.2. The molecule has 8 nitrogen and oxygen atoms in total. The number of carbonyl (C=O) groups is 2. The fraction of sp³-hybridized carbons (Fsp3) is 0.455. The molecule has 2 aliphatic rings. The number of aryl methyl sites for hydroxylation is 3. The van der Waals surface area contributed by atoms with Crippen molar-refractivity contribution in [3.05, 3.63) is 46.8 Å². The third-order valence-corrected chi connectivity index (χ3v) is 5.71. The minimum Gasteiger partial charge on any atom is -0.447 e. The maximum absolute atomic E-state index is 13.1. The molecule has 2 aromatic rings. The van der Waals surface area contributed by atoms with Gasteiger partial charge in [-0.1, -0.05) is 6.07 Å². The molecule has 0 N–H and O–H groups in total. The van der Waals surface area contributed by atoms with E-state index in [0.29, 0.717) is 31.1 Å². The number of carbonyl (C=O) groups excluding carboxylic acids is 2.